The first-order valence-corrected chi connectivity index (χ1v) is 5.05. The van der Waals surface area contributed by atoms with Gasteiger partial charge in [0.2, 0.25) is 0 Å². The van der Waals surface area contributed by atoms with E-state index in [4.69, 9.17) is 0 Å². The Hall–Kier alpha value is -1.49. The largest absolute Gasteiger partial charge is 0.293 e. The van der Waals surface area contributed by atoms with Crippen molar-refractivity contribution < 1.29 is 4.79 Å². The highest BCUT2D eigenvalue weighted by molar-refractivity contribution is 7.12. The molecule has 0 aliphatic rings. The minimum absolute atomic E-state index is 0.0977. The minimum Gasteiger partial charge on any atom is -0.293 e. The number of aryl methyl sites for hydroxylation is 1. The van der Waals surface area contributed by atoms with E-state index < -0.39 is 0 Å². The number of carbonyl (C=O) groups excluding carboxylic acids is 1. The highest BCUT2D eigenvalue weighted by atomic mass is 32.1. The Morgan fingerprint density at radius 3 is 3.07 bits per heavy atom. The maximum Gasteiger partial charge on any atom is 0.178 e. The van der Waals surface area contributed by atoms with Crippen LogP contribution in [0.25, 0.3) is 0 Å². The third kappa shape index (κ3) is 1.88. The van der Waals surface area contributed by atoms with Gasteiger partial charge >= 0.3 is 0 Å². The van der Waals surface area contributed by atoms with Gasteiger partial charge in [-0.3, -0.25) is 9.48 Å². The lowest BCUT2D eigenvalue weighted by atomic mass is 10.2. The van der Waals surface area contributed by atoms with E-state index in [1.807, 2.05) is 17.5 Å². The lowest BCUT2D eigenvalue weighted by molar-refractivity contribution is 0.0996. The van der Waals surface area contributed by atoms with Crippen molar-refractivity contribution in [1.82, 2.24) is 15.0 Å². The van der Waals surface area contributed by atoms with E-state index in [2.05, 4.69) is 10.3 Å². The zero-order valence-electron chi connectivity index (χ0n) is 7.67. The molecule has 0 aromatic carbocycles. The van der Waals surface area contributed by atoms with Gasteiger partial charge in [0.25, 0.3) is 0 Å². The summed E-state index contributed by atoms with van der Waals surface area (Å²) < 4.78 is 1.59. The van der Waals surface area contributed by atoms with Crippen LogP contribution in [0.3, 0.4) is 0 Å². The fraction of sp³-hybridized carbons (Fsp3) is 0.222. The lowest BCUT2D eigenvalue weighted by Gasteiger charge is -1.91. The molecule has 0 bridgehead atoms. The predicted octanol–water partition coefficient (Wildman–Crippen LogP) is 1.30. The fourth-order valence-corrected chi connectivity index (χ4v) is 1.83. The van der Waals surface area contributed by atoms with Crippen molar-refractivity contribution in [2.75, 3.05) is 0 Å². The van der Waals surface area contributed by atoms with Crippen LogP contribution in [0.4, 0.5) is 0 Å². The molecule has 0 aliphatic carbocycles. The number of nitrogens with zero attached hydrogens (tertiary/aromatic N) is 3. The number of hydrogen-bond acceptors (Lipinski definition) is 4. The van der Waals surface area contributed by atoms with Crippen molar-refractivity contribution in [1.29, 1.82) is 0 Å². The SMILES string of the molecule is Cn1cc(CC(=O)c2cccs2)nn1. The van der Waals surface area contributed by atoms with Crippen LogP contribution in [0.2, 0.25) is 0 Å². The van der Waals surface area contributed by atoms with E-state index in [0.717, 1.165) is 4.88 Å². The molecule has 2 aromatic heterocycles. The molecular weight excluding hydrogens is 198 g/mol. The summed E-state index contributed by atoms with van der Waals surface area (Å²) in [5.74, 6) is 0.0977. The number of rotatable bonds is 3. The van der Waals surface area contributed by atoms with Gasteiger partial charge in [0, 0.05) is 13.2 Å². The number of hydrogen-bond donors (Lipinski definition) is 0. The van der Waals surface area contributed by atoms with Crippen molar-refractivity contribution in [3.8, 4) is 0 Å². The maximum absolute atomic E-state index is 11.6. The minimum atomic E-state index is 0.0977. The van der Waals surface area contributed by atoms with E-state index in [9.17, 15) is 4.79 Å². The van der Waals surface area contributed by atoms with Gasteiger partial charge in [-0.2, -0.15) is 0 Å². The molecule has 2 rings (SSSR count). The molecule has 72 valence electrons. The molecule has 4 nitrogen and oxygen atoms in total. The Morgan fingerprint density at radius 2 is 2.50 bits per heavy atom. The Morgan fingerprint density at radius 1 is 1.64 bits per heavy atom. The average molecular weight is 207 g/mol. The average Bonchev–Trinajstić information content (AvgIpc) is 2.75. The van der Waals surface area contributed by atoms with Crippen molar-refractivity contribution in [3.05, 3.63) is 34.3 Å². The fourth-order valence-electron chi connectivity index (χ4n) is 1.17. The summed E-state index contributed by atoms with van der Waals surface area (Å²) in [6, 6.07) is 3.69. The van der Waals surface area contributed by atoms with E-state index in [-0.39, 0.29) is 5.78 Å². The Balaban J connectivity index is 2.09. The first kappa shape index (κ1) is 9.08. The molecule has 0 saturated heterocycles. The van der Waals surface area contributed by atoms with Crippen LogP contribution in [0.1, 0.15) is 15.4 Å². The summed E-state index contributed by atoms with van der Waals surface area (Å²) in [5.41, 5.74) is 0.714. The summed E-state index contributed by atoms with van der Waals surface area (Å²) in [4.78, 5) is 12.4. The summed E-state index contributed by atoms with van der Waals surface area (Å²) in [6.45, 7) is 0. The maximum atomic E-state index is 11.6. The normalized spacial score (nSPS) is 10.4. The molecule has 0 aliphatic heterocycles. The van der Waals surface area contributed by atoms with E-state index in [1.54, 1.807) is 17.9 Å². The van der Waals surface area contributed by atoms with Gasteiger partial charge in [-0.05, 0) is 11.4 Å². The molecule has 2 heterocycles. The van der Waals surface area contributed by atoms with Crippen molar-refractivity contribution in [2.24, 2.45) is 7.05 Å². The van der Waals surface area contributed by atoms with Crippen LogP contribution in [-0.4, -0.2) is 20.8 Å². The first-order valence-electron chi connectivity index (χ1n) is 4.17. The van der Waals surface area contributed by atoms with E-state index in [1.165, 1.54) is 11.3 Å². The van der Waals surface area contributed by atoms with Gasteiger partial charge in [0.05, 0.1) is 17.0 Å². The second-order valence-electron chi connectivity index (χ2n) is 2.96. The molecule has 0 amide bonds. The molecule has 0 radical (unpaired) electrons. The van der Waals surface area contributed by atoms with Gasteiger partial charge in [-0.15, -0.1) is 16.4 Å². The molecule has 0 atom stereocenters. The summed E-state index contributed by atoms with van der Waals surface area (Å²) >= 11 is 1.45. The monoisotopic (exact) mass is 207 g/mol. The molecule has 14 heavy (non-hydrogen) atoms. The number of thiophene rings is 1. The van der Waals surface area contributed by atoms with Gasteiger partial charge in [-0.25, -0.2) is 0 Å². The molecular formula is C9H9N3OS. The number of ketones is 1. The smallest absolute Gasteiger partial charge is 0.178 e. The van der Waals surface area contributed by atoms with Crippen molar-refractivity contribution >= 4 is 17.1 Å². The molecule has 0 spiro atoms. The number of carbonyl (C=O) groups is 1. The van der Waals surface area contributed by atoms with Crippen LogP contribution in [0, 0.1) is 0 Å². The topological polar surface area (TPSA) is 47.8 Å². The second-order valence-corrected chi connectivity index (χ2v) is 3.91. The third-order valence-corrected chi connectivity index (χ3v) is 2.70. The van der Waals surface area contributed by atoms with Crippen LogP contribution in [0.15, 0.2) is 23.7 Å². The molecule has 2 aromatic rings. The van der Waals surface area contributed by atoms with E-state index >= 15 is 0 Å². The lowest BCUT2D eigenvalue weighted by Crippen LogP contribution is -2.01. The standard InChI is InChI=1S/C9H9N3OS/c1-12-6-7(10-11-12)5-8(13)9-3-2-4-14-9/h2-4,6H,5H2,1H3. The zero-order chi connectivity index (χ0) is 9.97. The Labute approximate surface area is 85.2 Å². The van der Waals surface area contributed by atoms with Crippen LogP contribution >= 0.6 is 11.3 Å². The predicted molar refractivity (Wildman–Crippen MR) is 53.4 cm³/mol. The van der Waals surface area contributed by atoms with Crippen LogP contribution in [-0.2, 0) is 13.5 Å². The Kier molecular flexibility index (Phi) is 2.41. The summed E-state index contributed by atoms with van der Waals surface area (Å²) in [5, 5.41) is 9.52. The molecule has 0 N–H and O–H groups in total. The zero-order valence-corrected chi connectivity index (χ0v) is 8.49. The van der Waals surface area contributed by atoms with E-state index in [0.29, 0.717) is 12.1 Å². The third-order valence-electron chi connectivity index (χ3n) is 1.79. The van der Waals surface area contributed by atoms with Gasteiger partial charge in [-0.1, -0.05) is 11.3 Å². The van der Waals surface area contributed by atoms with Gasteiger partial charge in [0.1, 0.15) is 0 Å². The van der Waals surface area contributed by atoms with Crippen LogP contribution < -0.4 is 0 Å². The van der Waals surface area contributed by atoms with Gasteiger partial charge in [0.15, 0.2) is 5.78 Å². The molecule has 0 saturated carbocycles. The van der Waals surface area contributed by atoms with Crippen molar-refractivity contribution in [3.63, 3.8) is 0 Å². The molecule has 5 heteroatoms. The Bertz CT molecular complexity index is 433. The van der Waals surface area contributed by atoms with Crippen LogP contribution in [0.5, 0.6) is 0 Å². The van der Waals surface area contributed by atoms with Gasteiger partial charge < -0.3 is 0 Å². The summed E-state index contributed by atoms with van der Waals surface area (Å²) in [6.07, 6.45) is 2.08. The number of aromatic nitrogens is 3. The molecule has 0 fully saturated rings. The van der Waals surface area contributed by atoms with Crippen molar-refractivity contribution in [2.45, 2.75) is 6.42 Å². The molecule has 0 unspecified atom stereocenters. The summed E-state index contributed by atoms with van der Waals surface area (Å²) in [7, 11) is 1.78. The second kappa shape index (κ2) is 3.71. The first-order chi connectivity index (χ1) is 6.75. The quantitative estimate of drug-likeness (QED) is 0.713. The number of Topliss-reactive ketones (excluding diaryl/α,β-unsaturated/α-hetero) is 1. The highest BCUT2D eigenvalue weighted by Crippen LogP contribution is 2.11. The highest BCUT2D eigenvalue weighted by Gasteiger charge is 2.09.